The zero-order valence-electron chi connectivity index (χ0n) is 6.21. The molecule has 0 unspecified atom stereocenters. The van der Waals surface area contributed by atoms with Gasteiger partial charge in [-0.05, 0) is 6.92 Å². The van der Waals surface area contributed by atoms with E-state index in [1.807, 2.05) is 0 Å². The number of rotatable bonds is 1. The predicted molar refractivity (Wildman–Crippen MR) is 37.1 cm³/mol. The Morgan fingerprint density at radius 2 is 2.45 bits per heavy atom. The van der Waals surface area contributed by atoms with Crippen LogP contribution < -0.4 is 5.32 Å². The van der Waals surface area contributed by atoms with Gasteiger partial charge in [-0.15, -0.1) is 5.10 Å². The average molecular weight is 156 g/mol. The fraction of sp³-hybridized carbons (Fsp3) is 0.400. The first-order valence-corrected chi connectivity index (χ1v) is 2.96. The molecule has 6 nitrogen and oxygen atoms in total. The summed E-state index contributed by atoms with van der Waals surface area (Å²) in [6, 6.07) is 0. The summed E-state index contributed by atoms with van der Waals surface area (Å²) in [7, 11) is 1.27. The smallest absolute Gasteiger partial charge is 0.413 e. The minimum atomic E-state index is -0.580. The predicted octanol–water partition coefficient (Wildman–Crippen LogP) is 0.291. The highest BCUT2D eigenvalue weighted by atomic mass is 16.5. The molecule has 0 aromatic carbocycles. The lowest BCUT2D eigenvalue weighted by Gasteiger charge is -1.95. The number of anilines is 1. The molecule has 11 heavy (non-hydrogen) atoms. The van der Waals surface area contributed by atoms with Crippen LogP contribution in [0.1, 0.15) is 5.82 Å². The van der Waals surface area contributed by atoms with Crippen molar-refractivity contribution in [3.63, 3.8) is 0 Å². The van der Waals surface area contributed by atoms with Crippen LogP contribution in [-0.2, 0) is 4.74 Å². The van der Waals surface area contributed by atoms with E-state index in [0.717, 1.165) is 0 Å². The summed E-state index contributed by atoms with van der Waals surface area (Å²) in [6.07, 6.45) is -0.580. The van der Waals surface area contributed by atoms with Crippen molar-refractivity contribution in [2.24, 2.45) is 0 Å². The highest BCUT2D eigenvalue weighted by Gasteiger charge is 2.03. The standard InChI is InChI=1S/C5H8N4O2/c1-3-6-4(9-8-3)7-5(10)11-2/h1-2H3,(H2,6,7,8,9,10). The number of carbonyl (C=O) groups excluding carboxylic acids is 1. The van der Waals surface area contributed by atoms with Gasteiger partial charge in [-0.2, -0.15) is 4.98 Å². The van der Waals surface area contributed by atoms with Crippen molar-refractivity contribution in [1.82, 2.24) is 15.2 Å². The summed E-state index contributed by atoms with van der Waals surface area (Å²) in [5.41, 5.74) is 0. The maximum absolute atomic E-state index is 10.6. The molecule has 1 aromatic rings. The second-order valence-corrected chi connectivity index (χ2v) is 1.86. The SMILES string of the molecule is COC(=O)Nc1n[nH]c(C)n1. The number of nitrogens with zero attached hydrogens (tertiary/aromatic N) is 2. The molecule has 0 radical (unpaired) electrons. The number of aromatic nitrogens is 3. The number of hydrogen-bond donors (Lipinski definition) is 2. The van der Waals surface area contributed by atoms with Gasteiger partial charge in [0.15, 0.2) is 0 Å². The van der Waals surface area contributed by atoms with Gasteiger partial charge in [-0.1, -0.05) is 0 Å². The molecule has 0 saturated heterocycles. The number of H-pyrrole nitrogens is 1. The zero-order chi connectivity index (χ0) is 8.27. The molecule has 0 aliphatic carbocycles. The molecule has 0 atom stereocenters. The average Bonchev–Trinajstić information content (AvgIpc) is 2.35. The third-order valence-electron chi connectivity index (χ3n) is 0.996. The Bertz CT molecular complexity index is 257. The topological polar surface area (TPSA) is 79.9 Å². The number of hydrogen-bond acceptors (Lipinski definition) is 4. The molecule has 6 heteroatoms. The minimum absolute atomic E-state index is 0.217. The molecule has 0 aliphatic rings. The van der Waals surface area contributed by atoms with E-state index in [0.29, 0.717) is 5.82 Å². The molecule has 0 fully saturated rings. The monoisotopic (exact) mass is 156 g/mol. The van der Waals surface area contributed by atoms with Crippen LogP contribution in [0.15, 0.2) is 0 Å². The third-order valence-corrected chi connectivity index (χ3v) is 0.996. The summed E-state index contributed by atoms with van der Waals surface area (Å²) in [5, 5.41) is 8.52. The van der Waals surface area contributed by atoms with E-state index in [1.165, 1.54) is 7.11 Å². The molecular weight excluding hydrogens is 148 g/mol. The summed E-state index contributed by atoms with van der Waals surface area (Å²) in [4.78, 5) is 14.4. The lowest BCUT2D eigenvalue weighted by atomic mass is 10.7. The van der Waals surface area contributed by atoms with Crippen LogP contribution in [0.2, 0.25) is 0 Å². The quantitative estimate of drug-likeness (QED) is 0.612. The first kappa shape index (κ1) is 7.52. The number of carbonyl (C=O) groups is 1. The maximum Gasteiger partial charge on any atom is 0.413 e. The molecule has 0 spiro atoms. The van der Waals surface area contributed by atoms with Crippen LogP contribution >= 0.6 is 0 Å². The van der Waals surface area contributed by atoms with E-state index in [2.05, 4.69) is 25.2 Å². The van der Waals surface area contributed by atoms with Gasteiger partial charge < -0.3 is 4.74 Å². The van der Waals surface area contributed by atoms with Crippen molar-refractivity contribution in [3.05, 3.63) is 5.82 Å². The van der Waals surface area contributed by atoms with E-state index in [1.54, 1.807) is 6.92 Å². The van der Waals surface area contributed by atoms with Crippen molar-refractivity contribution >= 4 is 12.0 Å². The molecular formula is C5H8N4O2. The number of ether oxygens (including phenoxy) is 1. The van der Waals surface area contributed by atoms with Crippen LogP contribution in [0.25, 0.3) is 0 Å². The molecule has 1 heterocycles. The maximum atomic E-state index is 10.6. The Balaban J connectivity index is 2.57. The molecule has 2 N–H and O–H groups in total. The summed E-state index contributed by atoms with van der Waals surface area (Å²) in [5.74, 6) is 0.853. The fourth-order valence-electron chi connectivity index (χ4n) is 0.541. The molecule has 0 saturated carbocycles. The van der Waals surface area contributed by atoms with Crippen molar-refractivity contribution < 1.29 is 9.53 Å². The minimum Gasteiger partial charge on any atom is -0.453 e. The second kappa shape index (κ2) is 3.00. The van der Waals surface area contributed by atoms with E-state index >= 15 is 0 Å². The molecule has 0 bridgehead atoms. The first-order chi connectivity index (χ1) is 5.22. The van der Waals surface area contributed by atoms with Gasteiger partial charge in [-0.3, -0.25) is 10.4 Å². The number of amides is 1. The van der Waals surface area contributed by atoms with E-state index in [9.17, 15) is 4.79 Å². The van der Waals surface area contributed by atoms with Gasteiger partial charge in [0.05, 0.1) is 7.11 Å². The van der Waals surface area contributed by atoms with Crippen molar-refractivity contribution in [1.29, 1.82) is 0 Å². The second-order valence-electron chi connectivity index (χ2n) is 1.86. The molecule has 1 aromatic heterocycles. The fourth-order valence-corrected chi connectivity index (χ4v) is 0.541. The first-order valence-electron chi connectivity index (χ1n) is 2.96. The molecule has 1 amide bonds. The van der Waals surface area contributed by atoms with Crippen LogP contribution in [0.5, 0.6) is 0 Å². The number of aryl methyl sites for hydroxylation is 1. The van der Waals surface area contributed by atoms with E-state index < -0.39 is 6.09 Å². The van der Waals surface area contributed by atoms with Crippen LogP contribution in [0, 0.1) is 6.92 Å². The lowest BCUT2D eigenvalue weighted by Crippen LogP contribution is -2.11. The van der Waals surface area contributed by atoms with Gasteiger partial charge in [0.2, 0.25) is 0 Å². The summed E-state index contributed by atoms with van der Waals surface area (Å²) in [6.45, 7) is 1.73. The van der Waals surface area contributed by atoms with Gasteiger partial charge in [0, 0.05) is 0 Å². The molecule has 1 rings (SSSR count). The van der Waals surface area contributed by atoms with Gasteiger partial charge >= 0.3 is 6.09 Å². The normalized spacial score (nSPS) is 9.27. The highest BCUT2D eigenvalue weighted by Crippen LogP contribution is 1.96. The van der Waals surface area contributed by atoms with Crippen molar-refractivity contribution in [3.8, 4) is 0 Å². The summed E-state index contributed by atoms with van der Waals surface area (Å²) >= 11 is 0. The van der Waals surface area contributed by atoms with E-state index in [4.69, 9.17) is 0 Å². The number of nitrogens with one attached hydrogen (secondary N) is 2. The van der Waals surface area contributed by atoms with Gasteiger partial charge in [-0.25, -0.2) is 4.79 Å². The van der Waals surface area contributed by atoms with Gasteiger partial charge in [0.25, 0.3) is 5.95 Å². The van der Waals surface area contributed by atoms with Crippen LogP contribution in [0.4, 0.5) is 10.7 Å². The van der Waals surface area contributed by atoms with E-state index in [-0.39, 0.29) is 5.95 Å². The summed E-state index contributed by atoms with van der Waals surface area (Å²) < 4.78 is 4.32. The Morgan fingerprint density at radius 1 is 1.73 bits per heavy atom. The van der Waals surface area contributed by atoms with Gasteiger partial charge in [0.1, 0.15) is 5.82 Å². The van der Waals surface area contributed by atoms with Crippen LogP contribution in [0.3, 0.4) is 0 Å². The van der Waals surface area contributed by atoms with Crippen molar-refractivity contribution in [2.75, 3.05) is 12.4 Å². The third kappa shape index (κ3) is 1.92. The Hall–Kier alpha value is -1.59. The molecule has 60 valence electrons. The number of aromatic amines is 1. The Kier molecular flexibility index (Phi) is 2.05. The Morgan fingerprint density at radius 3 is 2.91 bits per heavy atom. The highest BCUT2D eigenvalue weighted by molar-refractivity contribution is 5.81. The zero-order valence-corrected chi connectivity index (χ0v) is 6.21. The lowest BCUT2D eigenvalue weighted by molar-refractivity contribution is 0.186. The molecule has 0 aliphatic heterocycles. The Labute approximate surface area is 63.0 Å². The largest absolute Gasteiger partial charge is 0.453 e. The van der Waals surface area contributed by atoms with Crippen LogP contribution in [-0.4, -0.2) is 28.4 Å². The number of methoxy groups -OCH3 is 1. The van der Waals surface area contributed by atoms with Crippen molar-refractivity contribution in [2.45, 2.75) is 6.92 Å².